The zero-order valence-corrected chi connectivity index (χ0v) is 16.6. The molecule has 0 radical (unpaired) electrons. The van der Waals surface area contributed by atoms with E-state index in [2.05, 4.69) is 10.4 Å². The van der Waals surface area contributed by atoms with Crippen LogP contribution in [0.5, 0.6) is 0 Å². The molecule has 4 rings (SSSR count). The molecule has 1 aromatic heterocycles. The van der Waals surface area contributed by atoms with Crippen molar-refractivity contribution < 1.29 is 18.7 Å². The van der Waals surface area contributed by atoms with Crippen LogP contribution in [-0.2, 0) is 17.8 Å². The first-order valence-corrected chi connectivity index (χ1v) is 9.68. The molecule has 0 spiro atoms. The molecule has 2 aromatic rings. The number of carbonyl (C=O) groups is 2. The highest BCUT2D eigenvalue weighted by atomic mass is 35.5. The van der Waals surface area contributed by atoms with Crippen molar-refractivity contribution in [3.8, 4) is 11.3 Å². The predicted octanol–water partition coefficient (Wildman–Crippen LogP) is 2.14. The van der Waals surface area contributed by atoms with Gasteiger partial charge in [-0.15, -0.1) is 0 Å². The number of urea groups is 1. The van der Waals surface area contributed by atoms with Gasteiger partial charge >= 0.3 is 6.03 Å². The predicted molar refractivity (Wildman–Crippen MR) is 104 cm³/mol. The largest absolute Gasteiger partial charge is 0.381 e. The molecular weight excluding hydrogens is 401 g/mol. The highest BCUT2D eigenvalue weighted by molar-refractivity contribution is 6.31. The Kier molecular flexibility index (Phi) is 5.18. The van der Waals surface area contributed by atoms with Crippen molar-refractivity contribution in [1.82, 2.24) is 20.0 Å². The van der Waals surface area contributed by atoms with Crippen LogP contribution in [0.1, 0.15) is 28.9 Å². The second kappa shape index (κ2) is 7.64. The summed E-state index contributed by atoms with van der Waals surface area (Å²) < 4.78 is 20.4. The molecule has 0 saturated heterocycles. The summed E-state index contributed by atoms with van der Waals surface area (Å²) in [4.78, 5) is 26.4. The summed E-state index contributed by atoms with van der Waals surface area (Å²) in [6.07, 6.45) is 1.76. The minimum atomic E-state index is -0.661. The Morgan fingerprint density at radius 2 is 2.10 bits per heavy atom. The zero-order chi connectivity index (χ0) is 20.7. The minimum absolute atomic E-state index is 0.0697. The maximum Gasteiger partial charge on any atom is 0.318 e. The van der Waals surface area contributed by atoms with Crippen LogP contribution in [0.4, 0.5) is 9.18 Å². The van der Waals surface area contributed by atoms with E-state index in [0.29, 0.717) is 30.0 Å². The number of benzene rings is 1. The number of hydrogen-bond acceptors (Lipinski definition) is 4. The van der Waals surface area contributed by atoms with Gasteiger partial charge in [0.2, 0.25) is 0 Å². The maximum atomic E-state index is 13.5. The van der Waals surface area contributed by atoms with Gasteiger partial charge in [0.05, 0.1) is 35.5 Å². The summed E-state index contributed by atoms with van der Waals surface area (Å²) in [7, 11) is 1.66. The Balaban J connectivity index is 1.57. The fourth-order valence-electron chi connectivity index (χ4n) is 3.74. The van der Waals surface area contributed by atoms with Crippen molar-refractivity contribution >= 4 is 23.5 Å². The average Bonchev–Trinajstić information content (AvgIpc) is 3.05. The van der Waals surface area contributed by atoms with Crippen LogP contribution in [0.3, 0.4) is 0 Å². The number of fused-ring (bicyclic) bond motifs is 1. The summed E-state index contributed by atoms with van der Waals surface area (Å²) >= 11 is 5.88. The highest BCUT2D eigenvalue weighted by Crippen LogP contribution is 2.31. The molecule has 0 unspecified atom stereocenters. The van der Waals surface area contributed by atoms with E-state index in [0.717, 1.165) is 12.8 Å². The normalized spacial score (nSPS) is 20.7. The molecule has 2 aliphatic rings. The van der Waals surface area contributed by atoms with Gasteiger partial charge in [-0.2, -0.15) is 5.10 Å². The topological polar surface area (TPSA) is 102 Å². The van der Waals surface area contributed by atoms with E-state index in [9.17, 15) is 14.0 Å². The van der Waals surface area contributed by atoms with E-state index in [1.165, 1.54) is 18.2 Å². The summed E-state index contributed by atoms with van der Waals surface area (Å²) in [6, 6.07) is 4.01. The maximum absolute atomic E-state index is 13.5. The Morgan fingerprint density at radius 1 is 1.34 bits per heavy atom. The zero-order valence-electron chi connectivity index (χ0n) is 15.8. The number of rotatable bonds is 4. The Bertz CT molecular complexity index is 973. The van der Waals surface area contributed by atoms with Crippen LogP contribution in [-0.4, -0.2) is 52.4 Å². The summed E-state index contributed by atoms with van der Waals surface area (Å²) in [5.41, 5.74) is 7.21. The monoisotopic (exact) mass is 421 g/mol. The molecule has 1 fully saturated rings. The van der Waals surface area contributed by atoms with E-state index < -0.39 is 11.7 Å². The van der Waals surface area contributed by atoms with Gasteiger partial charge in [0.1, 0.15) is 11.5 Å². The average molecular weight is 422 g/mol. The summed E-state index contributed by atoms with van der Waals surface area (Å²) in [5, 5.41) is 7.39. The Hall–Kier alpha value is -2.65. The second-order valence-corrected chi connectivity index (χ2v) is 7.69. The van der Waals surface area contributed by atoms with E-state index in [1.807, 2.05) is 0 Å². The van der Waals surface area contributed by atoms with Crippen LogP contribution in [0.25, 0.3) is 11.3 Å². The number of carbonyl (C=O) groups excluding carboxylic acids is 2. The molecule has 10 heteroatoms. The van der Waals surface area contributed by atoms with E-state index in [1.54, 1.807) is 16.7 Å². The first-order valence-electron chi connectivity index (χ1n) is 9.30. The van der Waals surface area contributed by atoms with Gasteiger partial charge in [-0.1, -0.05) is 11.6 Å². The molecule has 0 atom stereocenters. The fourth-order valence-corrected chi connectivity index (χ4v) is 3.92. The van der Waals surface area contributed by atoms with E-state index >= 15 is 0 Å². The Morgan fingerprint density at radius 3 is 2.76 bits per heavy atom. The van der Waals surface area contributed by atoms with Crippen molar-refractivity contribution in [2.45, 2.75) is 38.1 Å². The van der Waals surface area contributed by atoms with Crippen LogP contribution < -0.4 is 11.1 Å². The van der Waals surface area contributed by atoms with E-state index in [-0.39, 0.29) is 35.3 Å². The van der Waals surface area contributed by atoms with Gasteiger partial charge in [-0.3, -0.25) is 9.48 Å². The minimum Gasteiger partial charge on any atom is -0.381 e. The molecule has 29 heavy (non-hydrogen) atoms. The van der Waals surface area contributed by atoms with Crippen molar-refractivity contribution in [2.75, 3.05) is 13.7 Å². The molecule has 0 bridgehead atoms. The summed E-state index contributed by atoms with van der Waals surface area (Å²) in [5.74, 6) is -1.22. The molecule has 1 saturated carbocycles. The highest BCUT2D eigenvalue weighted by Gasteiger charge is 2.34. The number of nitrogens with zero attached hydrogens (tertiary/aromatic N) is 3. The van der Waals surface area contributed by atoms with Crippen molar-refractivity contribution in [3.05, 3.63) is 40.3 Å². The molecule has 1 aromatic carbocycles. The number of amides is 3. The van der Waals surface area contributed by atoms with Gasteiger partial charge in [-0.25, -0.2) is 9.18 Å². The van der Waals surface area contributed by atoms with Gasteiger partial charge < -0.3 is 20.7 Å². The lowest BCUT2D eigenvalue weighted by Gasteiger charge is -2.37. The number of halogens is 2. The standard InChI is InChI=1S/C19H21ClFN5O3/c1-29-12-7-11(8-12)23-19(28)25-4-5-26-15(9-25)16(18(22)27)17(24-26)10-2-3-14(21)13(20)6-10/h2-3,6,11-12H,4-5,7-9H2,1H3,(H2,22,27)(H,23,28)/t11-,12+. The lowest BCUT2D eigenvalue weighted by atomic mass is 9.89. The number of aromatic nitrogens is 2. The van der Waals surface area contributed by atoms with Crippen LogP contribution in [0, 0.1) is 5.82 Å². The molecular formula is C19H21ClFN5O3. The van der Waals surface area contributed by atoms with Crippen LogP contribution >= 0.6 is 11.6 Å². The molecule has 8 nitrogen and oxygen atoms in total. The third-order valence-electron chi connectivity index (χ3n) is 5.46. The first-order chi connectivity index (χ1) is 13.9. The van der Waals surface area contributed by atoms with Gasteiger partial charge in [0, 0.05) is 25.3 Å². The number of nitrogens with one attached hydrogen (secondary N) is 1. The number of ether oxygens (including phenoxy) is 1. The lowest BCUT2D eigenvalue weighted by Crippen LogP contribution is -2.53. The van der Waals surface area contributed by atoms with Crippen molar-refractivity contribution in [3.63, 3.8) is 0 Å². The third-order valence-corrected chi connectivity index (χ3v) is 5.75. The Labute approximate surface area is 171 Å². The number of methoxy groups -OCH3 is 1. The fraction of sp³-hybridized carbons (Fsp3) is 0.421. The van der Waals surface area contributed by atoms with Crippen LogP contribution in [0.2, 0.25) is 5.02 Å². The molecule has 3 N–H and O–H groups in total. The van der Waals surface area contributed by atoms with E-state index in [4.69, 9.17) is 22.1 Å². The van der Waals surface area contributed by atoms with Gasteiger partial charge in [0.25, 0.3) is 5.91 Å². The smallest absolute Gasteiger partial charge is 0.318 e. The van der Waals surface area contributed by atoms with Crippen molar-refractivity contribution in [1.29, 1.82) is 0 Å². The quantitative estimate of drug-likeness (QED) is 0.789. The summed E-state index contributed by atoms with van der Waals surface area (Å²) in [6.45, 7) is 1.07. The SMILES string of the molecule is CO[C@H]1C[C@@H](NC(=O)N2CCn3nc(-c4ccc(F)c(Cl)c4)c(C(N)=O)c3C2)C1. The van der Waals surface area contributed by atoms with Gasteiger partial charge in [0.15, 0.2) is 0 Å². The molecule has 1 aliphatic heterocycles. The first kappa shape index (κ1) is 19.7. The molecule has 3 amide bonds. The third kappa shape index (κ3) is 3.67. The van der Waals surface area contributed by atoms with Crippen molar-refractivity contribution in [2.24, 2.45) is 5.73 Å². The van der Waals surface area contributed by atoms with Crippen LogP contribution in [0.15, 0.2) is 18.2 Å². The van der Waals surface area contributed by atoms with Gasteiger partial charge in [-0.05, 0) is 31.0 Å². The molecule has 1 aliphatic carbocycles. The number of hydrogen-bond donors (Lipinski definition) is 2. The number of primary amides is 1. The molecule has 2 heterocycles. The number of nitrogens with two attached hydrogens (primary N) is 1. The molecule has 154 valence electrons. The lowest BCUT2D eigenvalue weighted by molar-refractivity contribution is 0.0187. The second-order valence-electron chi connectivity index (χ2n) is 7.28.